The van der Waals surface area contributed by atoms with Gasteiger partial charge in [-0.05, 0) is 12.0 Å². The fourth-order valence-electron chi connectivity index (χ4n) is 2.91. The minimum Gasteiger partial charge on any atom is -0.494 e. The van der Waals surface area contributed by atoms with E-state index in [1.54, 1.807) is 6.07 Å². The van der Waals surface area contributed by atoms with E-state index in [1.165, 1.54) is 19.5 Å². The molecule has 6 nitrogen and oxygen atoms in total. The van der Waals surface area contributed by atoms with Crippen molar-refractivity contribution in [1.29, 1.82) is 0 Å². The highest BCUT2D eigenvalue weighted by Crippen LogP contribution is 2.27. The van der Waals surface area contributed by atoms with Crippen LogP contribution in [0.15, 0.2) is 18.5 Å². The predicted octanol–water partition coefficient (Wildman–Crippen LogP) is 2.16. The van der Waals surface area contributed by atoms with Gasteiger partial charge in [-0.3, -0.25) is 4.90 Å². The van der Waals surface area contributed by atoms with E-state index >= 15 is 0 Å². The van der Waals surface area contributed by atoms with Gasteiger partial charge in [0.15, 0.2) is 11.6 Å². The molecule has 1 aliphatic heterocycles. The molecule has 1 saturated heterocycles. The van der Waals surface area contributed by atoms with Gasteiger partial charge in [0.1, 0.15) is 12.1 Å². The molecule has 1 aromatic heterocycles. The molecule has 1 atom stereocenters. The zero-order chi connectivity index (χ0) is 16.9. The summed E-state index contributed by atoms with van der Waals surface area (Å²) in [4.78, 5) is 10.8. The molecule has 2 heterocycles. The highest BCUT2D eigenvalue weighted by atomic mass is 19.1. The van der Waals surface area contributed by atoms with E-state index in [0.29, 0.717) is 17.3 Å². The van der Waals surface area contributed by atoms with Crippen molar-refractivity contribution in [3.63, 3.8) is 0 Å². The van der Waals surface area contributed by atoms with E-state index in [2.05, 4.69) is 27.1 Å². The molecular formula is C17H23FN4O2. The summed E-state index contributed by atoms with van der Waals surface area (Å²) in [5.74, 6) is 0.930. The largest absolute Gasteiger partial charge is 0.494 e. The summed E-state index contributed by atoms with van der Waals surface area (Å²) in [6.45, 7) is 7.57. The molecule has 0 bridgehead atoms. The first-order chi connectivity index (χ1) is 11.7. The number of rotatable bonds is 6. The van der Waals surface area contributed by atoms with Crippen molar-refractivity contribution >= 4 is 16.7 Å². The lowest BCUT2D eigenvalue weighted by Crippen LogP contribution is -2.40. The lowest BCUT2D eigenvalue weighted by molar-refractivity contribution is 0.0325. The van der Waals surface area contributed by atoms with Gasteiger partial charge in [0.2, 0.25) is 0 Å². The number of halogens is 1. The molecule has 1 N–H and O–H groups in total. The van der Waals surface area contributed by atoms with E-state index in [4.69, 9.17) is 9.47 Å². The Hall–Kier alpha value is -1.99. The monoisotopic (exact) mass is 334 g/mol. The van der Waals surface area contributed by atoms with Crippen molar-refractivity contribution in [3.8, 4) is 5.75 Å². The third-order valence-electron chi connectivity index (χ3n) is 4.20. The number of aromatic nitrogens is 2. The van der Waals surface area contributed by atoms with Crippen molar-refractivity contribution in [2.24, 2.45) is 5.92 Å². The van der Waals surface area contributed by atoms with Crippen molar-refractivity contribution in [2.45, 2.75) is 6.92 Å². The highest BCUT2D eigenvalue weighted by molar-refractivity contribution is 5.90. The molecule has 1 unspecified atom stereocenters. The maximum Gasteiger partial charge on any atom is 0.167 e. The van der Waals surface area contributed by atoms with Crippen molar-refractivity contribution in [3.05, 3.63) is 24.3 Å². The maximum absolute atomic E-state index is 13.8. The number of methoxy groups -OCH3 is 1. The van der Waals surface area contributed by atoms with Gasteiger partial charge in [0.05, 0.1) is 25.8 Å². The average molecular weight is 334 g/mol. The first-order valence-electron chi connectivity index (χ1n) is 8.19. The summed E-state index contributed by atoms with van der Waals surface area (Å²) in [5.41, 5.74) is 0.562. The molecule has 0 amide bonds. The SMILES string of the molecule is COc1cc2c(NCC(C)CN3CCOCC3)ncnc2cc1F. The Labute approximate surface area is 141 Å². The van der Waals surface area contributed by atoms with E-state index < -0.39 is 5.82 Å². The quantitative estimate of drug-likeness (QED) is 0.874. The van der Waals surface area contributed by atoms with E-state index in [9.17, 15) is 4.39 Å². The second-order valence-electron chi connectivity index (χ2n) is 6.13. The van der Waals surface area contributed by atoms with Crippen molar-refractivity contribution in [1.82, 2.24) is 14.9 Å². The smallest absolute Gasteiger partial charge is 0.167 e. The van der Waals surface area contributed by atoms with Gasteiger partial charge in [-0.15, -0.1) is 0 Å². The number of hydrogen-bond acceptors (Lipinski definition) is 6. The third-order valence-corrected chi connectivity index (χ3v) is 4.20. The fraction of sp³-hybridized carbons (Fsp3) is 0.529. The van der Waals surface area contributed by atoms with Crippen LogP contribution >= 0.6 is 0 Å². The number of benzene rings is 1. The molecule has 24 heavy (non-hydrogen) atoms. The molecular weight excluding hydrogens is 311 g/mol. The fourth-order valence-corrected chi connectivity index (χ4v) is 2.91. The van der Waals surface area contributed by atoms with Crippen LogP contribution in [0.2, 0.25) is 0 Å². The summed E-state index contributed by atoms with van der Waals surface area (Å²) in [6, 6.07) is 3.01. The van der Waals surface area contributed by atoms with Gasteiger partial charge in [-0.2, -0.15) is 0 Å². The van der Waals surface area contributed by atoms with Gasteiger partial charge >= 0.3 is 0 Å². The van der Waals surface area contributed by atoms with Gasteiger partial charge in [-0.1, -0.05) is 6.92 Å². The van der Waals surface area contributed by atoms with E-state index in [0.717, 1.165) is 44.8 Å². The molecule has 1 fully saturated rings. The number of anilines is 1. The molecule has 7 heteroatoms. The molecule has 130 valence electrons. The van der Waals surface area contributed by atoms with Crippen LogP contribution in [0.1, 0.15) is 6.92 Å². The normalized spacial score (nSPS) is 17.0. The molecule has 1 aromatic carbocycles. The Morgan fingerprint density at radius 1 is 1.33 bits per heavy atom. The van der Waals surface area contributed by atoms with Crippen molar-refractivity contribution < 1.29 is 13.9 Å². The topological polar surface area (TPSA) is 59.5 Å². The Bertz CT molecular complexity index is 692. The molecule has 2 aromatic rings. The standard InChI is InChI=1S/C17H23FN4O2/c1-12(10-22-3-5-24-6-4-22)9-19-17-13-7-16(23-2)14(18)8-15(13)20-11-21-17/h7-8,11-12H,3-6,9-10H2,1-2H3,(H,19,20,21). The van der Waals surface area contributed by atoms with Crippen molar-refractivity contribution in [2.75, 3.05) is 51.8 Å². The lowest BCUT2D eigenvalue weighted by atomic mass is 10.1. The number of nitrogens with one attached hydrogen (secondary N) is 1. The number of nitrogens with zero attached hydrogens (tertiary/aromatic N) is 3. The zero-order valence-corrected chi connectivity index (χ0v) is 14.1. The molecule has 0 aliphatic carbocycles. The summed E-state index contributed by atoms with van der Waals surface area (Å²) < 4.78 is 24.2. The first kappa shape index (κ1) is 16.9. The molecule has 0 radical (unpaired) electrons. The number of morpholine rings is 1. The minimum atomic E-state index is -0.421. The molecule has 0 spiro atoms. The third kappa shape index (κ3) is 3.91. The van der Waals surface area contributed by atoms with Crippen LogP contribution in [-0.4, -0.2) is 61.4 Å². The Balaban J connectivity index is 1.68. The predicted molar refractivity (Wildman–Crippen MR) is 91.0 cm³/mol. The summed E-state index contributed by atoms with van der Waals surface area (Å²) in [5, 5.41) is 4.12. The molecule has 3 rings (SSSR count). The van der Waals surface area contributed by atoms with Crippen LogP contribution in [0, 0.1) is 11.7 Å². The summed E-state index contributed by atoms with van der Waals surface area (Å²) in [6.07, 6.45) is 1.45. The van der Waals surface area contributed by atoms with Crippen LogP contribution in [0.3, 0.4) is 0 Å². The molecule has 0 saturated carbocycles. The Morgan fingerprint density at radius 2 is 2.12 bits per heavy atom. The van der Waals surface area contributed by atoms with Crippen LogP contribution in [0.4, 0.5) is 10.2 Å². The maximum atomic E-state index is 13.8. The van der Waals surface area contributed by atoms with Crippen LogP contribution in [0.5, 0.6) is 5.75 Å². The van der Waals surface area contributed by atoms with Gasteiger partial charge in [-0.25, -0.2) is 14.4 Å². The zero-order valence-electron chi connectivity index (χ0n) is 14.1. The van der Waals surface area contributed by atoms with Crippen LogP contribution in [-0.2, 0) is 4.74 Å². The Morgan fingerprint density at radius 3 is 2.88 bits per heavy atom. The van der Waals surface area contributed by atoms with E-state index in [-0.39, 0.29) is 5.75 Å². The van der Waals surface area contributed by atoms with Crippen LogP contribution in [0.25, 0.3) is 10.9 Å². The van der Waals surface area contributed by atoms with Gasteiger partial charge in [0, 0.05) is 37.6 Å². The first-order valence-corrected chi connectivity index (χ1v) is 8.19. The Kier molecular flexibility index (Phi) is 5.42. The molecule has 1 aliphatic rings. The summed E-state index contributed by atoms with van der Waals surface area (Å²) >= 11 is 0. The summed E-state index contributed by atoms with van der Waals surface area (Å²) in [7, 11) is 1.45. The van der Waals surface area contributed by atoms with E-state index in [1.807, 2.05) is 0 Å². The number of ether oxygens (including phenoxy) is 2. The number of fused-ring (bicyclic) bond motifs is 1. The second kappa shape index (κ2) is 7.72. The van der Waals surface area contributed by atoms with Crippen LogP contribution < -0.4 is 10.1 Å². The number of hydrogen-bond donors (Lipinski definition) is 1. The van der Waals surface area contributed by atoms with Gasteiger partial charge in [0.25, 0.3) is 0 Å². The highest BCUT2D eigenvalue weighted by Gasteiger charge is 2.15. The van der Waals surface area contributed by atoms with Gasteiger partial charge < -0.3 is 14.8 Å². The average Bonchev–Trinajstić information content (AvgIpc) is 2.60. The minimum absolute atomic E-state index is 0.196. The second-order valence-corrected chi connectivity index (χ2v) is 6.13. The lowest BCUT2D eigenvalue weighted by Gasteiger charge is -2.29.